The number of rotatable bonds is 2. The van der Waals surface area contributed by atoms with Crippen molar-refractivity contribution in [1.29, 1.82) is 0 Å². The van der Waals surface area contributed by atoms with Crippen molar-refractivity contribution < 1.29 is 9.53 Å². The summed E-state index contributed by atoms with van der Waals surface area (Å²) in [5.74, 6) is 0. The minimum atomic E-state index is -0.452. The van der Waals surface area contributed by atoms with Crippen LogP contribution >= 0.6 is 15.9 Å². The molecule has 0 fully saturated rings. The van der Waals surface area contributed by atoms with E-state index in [9.17, 15) is 4.79 Å². The highest BCUT2D eigenvalue weighted by molar-refractivity contribution is 9.08. The van der Waals surface area contributed by atoms with Crippen LogP contribution in [0.15, 0.2) is 24.3 Å². The van der Waals surface area contributed by atoms with Crippen LogP contribution in [0.25, 0.3) is 0 Å². The fraction of sp³-hybridized carbons (Fsp3) is 0.222. The van der Waals surface area contributed by atoms with Crippen molar-refractivity contribution in [1.82, 2.24) is 0 Å². The van der Waals surface area contributed by atoms with Crippen LogP contribution in [0.3, 0.4) is 0 Å². The van der Waals surface area contributed by atoms with E-state index in [0.29, 0.717) is 0 Å². The molecule has 3 nitrogen and oxygen atoms in total. The van der Waals surface area contributed by atoms with Crippen LogP contribution in [-0.2, 0) is 10.1 Å². The summed E-state index contributed by atoms with van der Waals surface area (Å²) in [5.41, 5.74) is 1.85. The van der Waals surface area contributed by atoms with Crippen molar-refractivity contribution >= 4 is 27.7 Å². The van der Waals surface area contributed by atoms with Gasteiger partial charge in [0.2, 0.25) is 0 Å². The van der Waals surface area contributed by atoms with Gasteiger partial charge in [-0.05, 0) is 17.7 Å². The molecule has 0 spiro atoms. The molecule has 0 atom stereocenters. The number of alkyl halides is 1. The summed E-state index contributed by atoms with van der Waals surface area (Å²) in [7, 11) is 1.34. The van der Waals surface area contributed by atoms with E-state index in [4.69, 9.17) is 0 Å². The lowest BCUT2D eigenvalue weighted by atomic mass is 10.2. The molecule has 13 heavy (non-hydrogen) atoms. The molecule has 4 heteroatoms. The molecule has 1 aromatic carbocycles. The molecule has 0 aliphatic carbocycles. The zero-order chi connectivity index (χ0) is 9.68. The van der Waals surface area contributed by atoms with Crippen molar-refractivity contribution in [3.05, 3.63) is 29.8 Å². The van der Waals surface area contributed by atoms with Crippen LogP contribution in [0.1, 0.15) is 5.56 Å². The summed E-state index contributed by atoms with van der Waals surface area (Å²) < 4.78 is 4.47. The minimum absolute atomic E-state index is 0.452. The Morgan fingerprint density at radius 3 is 3.00 bits per heavy atom. The van der Waals surface area contributed by atoms with Gasteiger partial charge in [0, 0.05) is 11.0 Å². The van der Waals surface area contributed by atoms with Crippen molar-refractivity contribution in [2.45, 2.75) is 5.33 Å². The zero-order valence-electron chi connectivity index (χ0n) is 7.21. The summed E-state index contributed by atoms with van der Waals surface area (Å²) in [5, 5.41) is 3.35. The summed E-state index contributed by atoms with van der Waals surface area (Å²) in [6, 6.07) is 7.54. The number of halogens is 1. The largest absolute Gasteiger partial charge is 0.453 e. The maximum atomic E-state index is 10.8. The lowest BCUT2D eigenvalue weighted by Gasteiger charge is -2.04. The molecule has 0 bridgehead atoms. The molecule has 0 unspecified atom stereocenters. The van der Waals surface area contributed by atoms with Gasteiger partial charge in [0.25, 0.3) is 0 Å². The maximum absolute atomic E-state index is 10.8. The van der Waals surface area contributed by atoms with Gasteiger partial charge in [0.1, 0.15) is 0 Å². The first-order valence-corrected chi connectivity index (χ1v) is 4.88. The molecule has 0 saturated carbocycles. The summed E-state index contributed by atoms with van der Waals surface area (Å²) in [6.45, 7) is 0. The number of methoxy groups -OCH3 is 1. The first-order chi connectivity index (χ1) is 6.26. The number of nitrogens with one attached hydrogen (secondary N) is 1. The van der Waals surface area contributed by atoms with Gasteiger partial charge in [-0.3, -0.25) is 5.32 Å². The van der Waals surface area contributed by atoms with Gasteiger partial charge in [-0.1, -0.05) is 28.1 Å². The average molecular weight is 244 g/mol. The van der Waals surface area contributed by atoms with E-state index in [2.05, 4.69) is 26.0 Å². The van der Waals surface area contributed by atoms with Crippen LogP contribution in [-0.4, -0.2) is 13.2 Å². The van der Waals surface area contributed by atoms with E-state index in [-0.39, 0.29) is 0 Å². The second kappa shape index (κ2) is 4.87. The topological polar surface area (TPSA) is 38.3 Å². The quantitative estimate of drug-likeness (QED) is 0.812. The van der Waals surface area contributed by atoms with Crippen LogP contribution in [0.2, 0.25) is 0 Å². The van der Waals surface area contributed by atoms with Gasteiger partial charge in [-0.15, -0.1) is 0 Å². The van der Waals surface area contributed by atoms with Crippen LogP contribution in [0.5, 0.6) is 0 Å². The number of benzene rings is 1. The highest BCUT2D eigenvalue weighted by atomic mass is 79.9. The number of carbonyl (C=O) groups excluding carboxylic acids is 1. The van der Waals surface area contributed by atoms with Crippen molar-refractivity contribution in [2.24, 2.45) is 0 Å². The van der Waals surface area contributed by atoms with E-state index < -0.39 is 6.09 Å². The number of amides is 1. The normalized spacial score (nSPS) is 9.38. The molecular weight excluding hydrogens is 234 g/mol. The first kappa shape index (κ1) is 10.1. The zero-order valence-corrected chi connectivity index (χ0v) is 8.80. The molecule has 0 aliphatic rings. The Labute approximate surface area is 85.2 Å². The predicted molar refractivity (Wildman–Crippen MR) is 55.1 cm³/mol. The average Bonchev–Trinajstić information content (AvgIpc) is 2.18. The van der Waals surface area contributed by atoms with Crippen LogP contribution in [0, 0.1) is 0 Å². The summed E-state index contributed by atoms with van der Waals surface area (Å²) >= 11 is 3.33. The highest BCUT2D eigenvalue weighted by Gasteiger charge is 1.99. The maximum Gasteiger partial charge on any atom is 0.411 e. The third-order valence-corrected chi connectivity index (χ3v) is 2.16. The monoisotopic (exact) mass is 243 g/mol. The van der Waals surface area contributed by atoms with E-state index in [1.807, 2.05) is 24.3 Å². The number of hydrogen-bond acceptors (Lipinski definition) is 2. The molecule has 1 aromatic rings. The van der Waals surface area contributed by atoms with Gasteiger partial charge in [0.05, 0.1) is 7.11 Å². The van der Waals surface area contributed by atoms with Crippen LogP contribution < -0.4 is 5.32 Å². The van der Waals surface area contributed by atoms with Crippen molar-refractivity contribution in [3.8, 4) is 0 Å². The molecule has 0 aliphatic heterocycles. The van der Waals surface area contributed by atoms with Gasteiger partial charge >= 0.3 is 6.09 Å². The second-order valence-electron chi connectivity index (χ2n) is 2.45. The molecule has 0 heterocycles. The molecular formula is C9H10BrNO2. The third-order valence-electron chi connectivity index (χ3n) is 1.51. The van der Waals surface area contributed by atoms with Crippen molar-refractivity contribution in [2.75, 3.05) is 12.4 Å². The molecule has 70 valence electrons. The van der Waals surface area contributed by atoms with E-state index in [0.717, 1.165) is 16.6 Å². The second-order valence-corrected chi connectivity index (χ2v) is 3.01. The van der Waals surface area contributed by atoms with Gasteiger partial charge in [-0.25, -0.2) is 4.79 Å². The van der Waals surface area contributed by atoms with E-state index in [1.165, 1.54) is 7.11 Å². The Kier molecular flexibility index (Phi) is 3.76. The Hall–Kier alpha value is -1.03. The number of hydrogen-bond donors (Lipinski definition) is 1. The third kappa shape index (κ3) is 3.06. The molecule has 0 radical (unpaired) electrons. The van der Waals surface area contributed by atoms with E-state index >= 15 is 0 Å². The molecule has 0 saturated heterocycles. The van der Waals surface area contributed by atoms with Gasteiger partial charge < -0.3 is 4.74 Å². The fourth-order valence-electron chi connectivity index (χ4n) is 0.901. The Morgan fingerprint density at radius 2 is 2.38 bits per heavy atom. The molecule has 1 rings (SSSR count). The predicted octanol–water partition coefficient (Wildman–Crippen LogP) is 2.76. The molecule has 0 aromatic heterocycles. The Morgan fingerprint density at radius 1 is 1.62 bits per heavy atom. The fourth-order valence-corrected chi connectivity index (χ4v) is 1.25. The highest BCUT2D eigenvalue weighted by Crippen LogP contribution is 2.12. The molecule has 1 N–H and O–H groups in total. The standard InChI is InChI=1S/C9H10BrNO2/c1-13-9(12)11-8-4-2-3-7(5-8)6-10/h2-5H,6H2,1H3,(H,11,12). The van der Waals surface area contributed by atoms with E-state index in [1.54, 1.807) is 0 Å². The first-order valence-electron chi connectivity index (χ1n) is 3.76. The van der Waals surface area contributed by atoms with Crippen LogP contribution in [0.4, 0.5) is 10.5 Å². The number of carbonyl (C=O) groups is 1. The minimum Gasteiger partial charge on any atom is -0.453 e. The Balaban J connectivity index is 2.71. The smallest absolute Gasteiger partial charge is 0.411 e. The Bertz CT molecular complexity index is 301. The van der Waals surface area contributed by atoms with Crippen molar-refractivity contribution in [3.63, 3.8) is 0 Å². The summed E-state index contributed by atoms with van der Waals surface area (Å²) in [4.78, 5) is 10.8. The lowest BCUT2D eigenvalue weighted by molar-refractivity contribution is 0.187. The lowest BCUT2D eigenvalue weighted by Crippen LogP contribution is -2.10. The summed E-state index contributed by atoms with van der Waals surface area (Å²) in [6.07, 6.45) is -0.452. The van der Waals surface area contributed by atoms with Gasteiger partial charge in [-0.2, -0.15) is 0 Å². The number of anilines is 1. The number of ether oxygens (including phenoxy) is 1. The SMILES string of the molecule is COC(=O)Nc1cccc(CBr)c1. The van der Waals surface area contributed by atoms with Gasteiger partial charge in [0.15, 0.2) is 0 Å². The molecule has 1 amide bonds.